The number of aliphatic hydroxyl groups is 1. The van der Waals surface area contributed by atoms with Gasteiger partial charge in [-0.1, -0.05) is 18.5 Å². The Morgan fingerprint density at radius 2 is 2.14 bits per heavy atom. The number of piperidine rings is 1. The Kier molecular flexibility index (Phi) is 5.53. The number of halogens is 1. The van der Waals surface area contributed by atoms with Gasteiger partial charge in [-0.3, -0.25) is 0 Å². The van der Waals surface area contributed by atoms with Gasteiger partial charge in [-0.25, -0.2) is 4.79 Å². The average molecular weight is 327 g/mol. The number of nitrogens with one attached hydrogen (secondary N) is 1. The van der Waals surface area contributed by atoms with Crippen LogP contribution in [0.4, 0.5) is 10.5 Å². The van der Waals surface area contributed by atoms with Crippen LogP contribution in [-0.2, 0) is 0 Å². The summed E-state index contributed by atoms with van der Waals surface area (Å²) in [4.78, 5) is 14.2. The summed E-state index contributed by atoms with van der Waals surface area (Å²) in [5.74, 6) is 0.577. The molecule has 6 heteroatoms. The smallest absolute Gasteiger partial charge is 0.321 e. The predicted molar refractivity (Wildman–Crippen MR) is 87.6 cm³/mol. The van der Waals surface area contributed by atoms with Crippen LogP contribution in [0.5, 0.6) is 5.75 Å². The normalized spacial score (nSPS) is 17.2. The van der Waals surface area contributed by atoms with Crippen molar-refractivity contribution < 1.29 is 14.6 Å². The molecule has 5 nitrogen and oxygen atoms in total. The molecule has 2 amide bonds. The molecule has 1 saturated heterocycles. The minimum atomic E-state index is -0.164. The Bertz CT molecular complexity index is 522. The third-order valence-corrected chi connectivity index (χ3v) is 4.83. The molecule has 2 rings (SSSR count). The number of benzene rings is 1. The molecule has 1 aliphatic rings. The fraction of sp³-hybridized carbons (Fsp3) is 0.562. The van der Waals surface area contributed by atoms with Crippen LogP contribution < -0.4 is 10.1 Å². The molecular formula is C16H23ClN2O3. The number of hydrogen-bond acceptors (Lipinski definition) is 3. The van der Waals surface area contributed by atoms with Crippen molar-refractivity contribution in [2.45, 2.75) is 26.2 Å². The number of nitrogens with zero attached hydrogens (tertiary/aromatic N) is 1. The van der Waals surface area contributed by atoms with Gasteiger partial charge in [0, 0.05) is 24.7 Å². The first-order valence-electron chi connectivity index (χ1n) is 7.54. The molecule has 2 N–H and O–H groups in total. The Morgan fingerprint density at radius 3 is 2.68 bits per heavy atom. The Morgan fingerprint density at radius 1 is 1.45 bits per heavy atom. The molecule has 22 heavy (non-hydrogen) atoms. The molecule has 0 atom stereocenters. The van der Waals surface area contributed by atoms with Crippen molar-refractivity contribution >= 4 is 23.3 Å². The Balaban J connectivity index is 2.01. The lowest BCUT2D eigenvalue weighted by Crippen LogP contribution is -2.46. The number of hydrogen-bond donors (Lipinski definition) is 2. The number of methoxy groups -OCH3 is 1. The van der Waals surface area contributed by atoms with Crippen molar-refractivity contribution in [2.75, 3.05) is 32.1 Å². The number of amides is 2. The molecule has 0 spiro atoms. The van der Waals surface area contributed by atoms with Crippen molar-refractivity contribution in [1.82, 2.24) is 4.90 Å². The van der Waals surface area contributed by atoms with Gasteiger partial charge in [-0.2, -0.15) is 0 Å². The SMILES string of the molecule is CCC1(CO)CCN(C(=O)Nc2cc(Cl)ccc2OC)CC1. The number of aliphatic hydroxyl groups excluding tert-OH is 1. The summed E-state index contributed by atoms with van der Waals surface area (Å²) in [6, 6.07) is 4.95. The monoisotopic (exact) mass is 326 g/mol. The first-order valence-corrected chi connectivity index (χ1v) is 7.92. The second-order valence-electron chi connectivity index (χ2n) is 5.77. The van der Waals surface area contributed by atoms with Crippen molar-refractivity contribution in [3.63, 3.8) is 0 Å². The molecule has 0 aromatic heterocycles. The molecule has 1 aliphatic heterocycles. The average Bonchev–Trinajstić information content (AvgIpc) is 2.55. The van der Waals surface area contributed by atoms with Crippen LogP contribution in [0, 0.1) is 5.41 Å². The quantitative estimate of drug-likeness (QED) is 0.891. The molecule has 1 fully saturated rings. The van der Waals surface area contributed by atoms with Gasteiger partial charge in [-0.15, -0.1) is 0 Å². The molecule has 1 heterocycles. The number of urea groups is 1. The maximum absolute atomic E-state index is 12.4. The highest BCUT2D eigenvalue weighted by atomic mass is 35.5. The highest BCUT2D eigenvalue weighted by Gasteiger charge is 2.34. The number of ether oxygens (including phenoxy) is 1. The fourth-order valence-electron chi connectivity index (χ4n) is 2.78. The van der Waals surface area contributed by atoms with Gasteiger partial charge in [0.15, 0.2) is 0 Å². The second kappa shape index (κ2) is 7.20. The lowest BCUT2D eigenvalue weighted by molar-refractivity contribution is 0.0542. The van der Waals surface area contributed by atoms with Crippen LogP contribution in [-0.4, -0.2) is 42.8 Å². The largest absolute Gasteiger partial charge is 0.495 e. The Hall–Kier alpha value is -1.46. The van der Waals surface area contributed by atoms with Crippen LogP contribution in [0.3, 0.4) is 0 Å². The molecular weight excluding hydrogens is 304 g/mol. The van der Waals surface area contributed by atoms with E-state index in [1.54, 1.807) is 30.2 Å². The molecule has 122 valence electrons. The second-order valence-corrected chi connectivity index (χ2v) is 6.21. The van der Waals surface area contributed by atoms with Crippen molar-refractivity contribution in [3.05, 3.63) is 23.2 Å². The highest BCUT2D eigenvalue weighted by molar-refractivity contribution is 6.31. The van der Waals surface area contributed by atoms with Gasteiger partial charge in [0.05, 0.1) is 12.8 Å². The van der Waals surface area contributed by atoms with Crippen molar-refractivity contribution in [2.24, 2.45) is 5.41 Å². The van der Waals surface area contributed by atoms with E-state index in [4.69, 9.17) is 16.3 Å². The van der Waals surface area contributed by atoms with Crippen LogP contribution in [0.15, 0.2) is 18.2 Å². The number of anilines is 1. The lowest BCUT2D eigenvalue weighted by atomic mass is 9.77. The number of likely N-dealkylation sites (tertiary alicyclic amines) is 1. The predicted octanol–water partition coefficient (Wildman–Crippen LogP) is 3.37. The molecule has 0 aliphatic carbocycles. The minimum absolute atomic E-state index is 0.0372. The van der Waals surface area contributed by atoms with E-state index in [0.717, 1.165) is 19.3 Å². The molecule has 1 aromatic carbocycles. The van der Waals surface area contributed by atoms with E-state index in [0.29, 0.717) is 29.5 Å². The van der Waals surface area contributed by atoms with E-state index in [-0.39, 0.29) is 18.1 Å². The first-order chi connectivity index (χ1) is 10.5. The molecule has 0 bridgehead atoms. The summed E-state index contributed by atoms with van der Waals surface area (Å²) in [6.07, 6.45) is 2.57. The maximum Gasteiger partial charge on any atom is 0.321 e. The lowest BCUT2D eigenvalue weighted by Gasteiger charge is -2.40. The van der Waals surface area contributed by atoms with E-state index in [1.165, 1.54) is 0 Å². The zero-order valence-electron chi connectivity index (χ0n) is 13.1. The van der Waals surface area contributed by atoms with E-state index in [2.05, 4.69) is 12.2 Å². The van der Waals surface area contributed by atoms with Gasteiger partial charge in [0.25, 0.3) is 0 Å². The number of rotatable bonds is 4. The summed E-state index contributed by atoms with van der Waals surface area (Å²) >= 11 is 5.97. The van der Waals surface area contributed by atoms with E-state index in [9.17, 15) is 9.90 Å². The minimum Gasteiger partial charge on any atom is -0.495 e. The molecule has 0 unspecified atom stereocenters. The van der Waals surface area contributed by atoms with Crippen LogP contribution in [0.2, 0.25) is 5.02 Å². The summed E-state index contributed by atoms with van der Waals surface area (Å²) < 4.78 is 5.23. The summed E-state index contributed by atoms with van der Waals surface area (Å²) in [6.45, 7) is 3.55. The topological polar surface area (TPSA) is 61.8 Å². The van der Waals surface area contributed by atoms with Crippen molar-refractivity contribution in [1.29, 1.82) is 0 Å². The van der Waals surface area contributed by atoms with Gasteiger partial charge < -0.3 is 20.1 Å². The summed E-state index contributed by atoms with van der Waals surface area (Å²) in [5, 5.41) is 12.9. The standard InChI is InChI=1S/C16H23ClN2O3/c1-3-16(11-20)6-8-19(9-7-16)15(21)18-13-10-12(17)4-5-14(13)22-2/h4-5,10,20H,3,6-9,11H2,1-2H3,(H,18,21). The van der Waals surface area contributed by atoms with Gasteiger partial charge in [0.2, 0.25) is 0 Å². The summed E-state index contributed by atoms with van der Waals surface area (Å²) in [7, 11) is 1.55. The van der Waals surface area contributed by atoms with Gasteiger partial charge >= 0.3 is 6.03 Å². The molecule has 0 radical (unpaired) electrons. The molecule has 0 saturated carbocycles. The zero-order valence-corrected chi connectivity index (χ0v) is 13.8. The first kappa shape index (κ1) is 16.9. The number of carbonyl (C=O) groups excluding carboxylic acids is 1. The van der Waals surface area contributed by atoms with Crippen LogP contribution >= 0.6 is 11.6 Å². The van der Waals surface area contributed by atoms with Gasteiger partial charge in [-0.05, 0) is 42.9 Å². The third kappa shape index (κ3) is 3.65. The summed E-state index contributed by atoms with van der Waals surface area (Å²) in [5.41, 5.74) is 0.527. The third-order valence-electron chi connectivity index (χ3n) is 4.60. The van der Waals surface area contributed by atoms with Crippen molar-refractivity contribution in [3.8, 4) is 5.75 Å². The maximum atomic E-state index is 12.4. The zero-order chi connectivity index (χ0) is 16.2. The van der Waals surface area contributed by atoms with E-state index in [1.807, 2.05) is 0 Å². The fourth-order valence-corrected chi connectivity index (χ4v) is 2.95. The highest BCUT2D eigenvalue weighted by Crippen LogP contribution is 2.34. The van der Waals surface area contributed by atoms with E-state index >= 15 is 0 Å². The molecule has 1 aromatic rings. The number of carbonyl (C=O) groups is 1. The Labute approximate surface area is 136 Å². The van der Waals surface area contributed by atoms with Crippen LogP contribution in [0.1, 0.15) is 26.2 Å². The van der Waals surface area contributed by atoms with Gasteiger partial charge in [0.1, 0.15) is 5.75 Å². The van der Waals surface area contributed by atoms with E-state index < -0.39 is 0 Å². The van der Waals surface area contributed by atoms with Crippen LogP contribution in [0.25, 0.3) is 0 Å².